The van der Waals surface area contributed by atoms with Crippen molar-refractivity contribution in [3.05, 3.63) is 221 Å². The van der Waals surface area contributed by atoms with Gasteiger partial charge in [-0.2, -0.15) is 0 Å². The fourth-order valence-corrected chi connectivity index (χ4v) is 9.97. The summed E-state index contributed by atoms with van der Waals surface area (Å²) >= 11 is 0. The van der Waals surface area contributed by atoms with E-state index in [0.717, 1.165) is 0 Å². The molecule has 1 aliphatic heterocycles. The Morgan fingerprint density at radius 1 is 0.321 bits per heavy atom. The highest BCUT2D eigenvalue weighted by Gasteiger charge is 2.50. The first kappa shape index (κ1) is 30.2. The molecule has 0 bridgehead atoms. The second-order valence-corrected chi connectivity index (χ2v) is 15.2. The number of hydrogen-bond donors (Lipinski definition) is 0. The van der Waals surface area contributed by atoms with Crippen molar-refractivity contribution >= 4 is 17.1 Å². The van der Waals surface area contributed by atoms with Gasteiger partial charge in [0.05, 0.1) is 16.8 Å². The minimum atomic E-state index is -0.525. The number of nitrogens with zero attached hydrogens (tertiary/aromatic N) is 1. The summed E-state index contributed by atoms with van der Waals surface area (Å²) in [7, 11) is 0. The molecule has 1 heterocycles. The topological polar surface area (TPSA) is 3.24 Å². The number of hydrogen-bond acceptors (Lipinski definition) is 1. The maximum absolute atomic E-state index is 2.52. The van der Waals surface area contributed by atoms with Crippen molar-refractivity contribution in [2.24, 2.45) is 0 Å². The van der Waals surface area contributed by atoms with Crippen LogP contribution in [0.3, 0.4) is 0 Å². The molecule has 0 radical (unpaired) electrons. The SMILES string of the molecule is CC1(C)c2ccccc2N(c2ccc3c(c2)C2(c4ccccc4-c4ccccc4-c4ccccc42)c2ccccc2-3)c2ccc(-c3ccccc3)cc21. The lowest BCUT2D eigenvalue weighted by Gasteiger charge is -2.42. The van der Waals surface area contributed by atoms with E-state index >= 15 is 0 Å². The monoisotopic (exact) mass is 675 g/mol. The maximum atomic E-state index is 2.52. The largest absolute Gasteiger partial charge is 0.310 e. The average Bonchev–Trinajstić information content (AvgIpc) is 3.45. The lowest BCUT2D eigenvalue weighted by molar-refractivity contribution is 0.632. The van der Waals surface area contributed by atoms with Gasteiger partial charge in [0.2, 0.25) is 0 Å². The zero-order chi connectivity index (χ0) is 35.3. The van der Waals surface area contributed by atoms with E-state index in [4.69, 9.17) is 0 Å². The van der Waals surface area contributed by atoms with Gasteiger partial charge >= 0.3 is 0 Å². The molecule has 0 fully saturated rings. The highest BCUT2D eigenvalue weighted by atomic mass is 15.2. The van der Waals surface area contributed by atoms with E-state index in [0.29, 0.717) is 0 Å². The first-order valence-electron chi connectivity index (χ1n) is 18.7. The van der Waals surface area contributed by atoms with Crippen molar-refractivity contribution < 1.29 is 0 Å². The van der Waals surface area contributed by atoms with E-state index < -0.39 is 5.41 Å². The Balaban J connectivity index is 1.22. The Kier molecular flexibility index (Phi) is 6.29. The van der Waals surface area contributed by atoms with Gasteiger partial charge in [-0.15, -0.1) is 0 Å². The van der Waals surface area contributed by atoms with Crippen LogP contribution < -0.4 is 4.90 Å². The van der Waals surface area contributed by atoms with E-state index in [1.165, 1.54) is 95.0 Å². The third-order valence-corrected chi connectivity index (χ3v) is 12.3. The summed E-state index contributed by atoms with van der Waals surface area (Å²) in [4.78, 5) is 2.52. The van der Waals surface area contributed by atoms with E-state index in [1.807, 2.05) is 0 Å². The van der Waals surface area contributed by atoms with Crippen LogP contribution in [0.1, 0.15) is 47.2 Å². The fourth-order valence-electron chi connectivity index (χ4n) is 9.97. The summed E-state index contributed by atoms with van der Waals surface area (Å²) in [5.74, 6) is 0. The Morgan fingerprint density at radius 3 is 1.42 bits per heavy atom. The van der Waals surface area contributed by atoms with Crippen LogP contribution in [-0.2, 0) is 10.8 Å². The Hall–Kier alpha value is -6.44. The third kappa shape index (κ3) is 4.02. The molecular formula is C52H37N. The molecule has 0 unspecified atom stereocenters. The molecule has 0 amide bonds. The van der Waals surface area contributed by atoms with Gasteiger partial charge in [-0.25, -0.2) is 0 Å². The van der Waals surface area contributed by atoms with Crippen LogP contribution >= 0.6 is 0 Å². The van der Waals surface area contributed by atoms with Crippen LogP contribution in [0.2, 0.25) is 0 Å². The van der Waals surface area contributed by atoms with Gasteiger partial charge in [-0.3, -0.25) is 0 Å². The van der Waals surface area contributed by atoms with E-state index in [9.17, 15) is 0 Å². The molecular weight excluding hydrogens is 639 g/mol. The Morgan fingerprint density at radius 2 is 0.792 bits per heavy atom. The number of fused-ring (bicyclic) bond motifs is 14. The Labute approximate surface area is 311 Å². The molecule has 0 saturated carbocycles. The van der Waals surface area contributed by atoms with Gasteiger partial charge in [-0.1, -0.05) is 172 Å². The number of rotatable bonds is 2. The summed E-state index contributed by atoms with van der Waals surface area (Å²) in [5.41, 5.74) is 21.1. The summed E-state index contributed by atoms with van der Waals surface area (Å²) in [6.07, 6.45) is 0. The summed E-state index contributed by atoms with van der Waals surface area (Å²) < 4.78 is 0. The van der Waals surface area contributed by atoms with E-state index in [1.54, 1.807) is 0 Å². The molecule has 53 heavy (non-hydrogen) atoms. The molecule has 0 N–H and O–H groups in total. The van der Waals surface area contributed by atoms with Gasteiger partial charge in [0.25, 0.3) is 0 Å². The molecule has 0 atom stereocenters. The van der Waals surface area contributed by atoms with Gasteiger partial charge in [0.15, 0.2) is 0 Å². The van der Waals surface area contributed by atoms with Crippen LogP contribution in [0.5, 0.6) is 0 Å². The zero-order valence-corrected chi connectivity index (χ0v) is 29.8. The fraction of sp³-hybridized carbons (Fsp3) is 0.0769. The quantitative estimate of drug-likeness (QED) is 0.176. The molecule has 1 nitrogen and oxygen atoms in total. The molecule has 11 rings (SSSR count). The van der Waals surface area contributed by atoms with Crippen molar-refractivity contribution in [3.8, 4) is 44.5 Å². The van der Waals surface area contributed by atoms with Gasteiger partial charge in [0, 0.05) is 11.1 Å². The third-order valence-electron chi connectivity index (χ3n) is 12.3. The predicted molar refractivity (Wildman–Crippen MR) is 220 cm³/mol. The summed E-state index contributed by atoms with van der Waals surface area (Å²) in [5, 5.41) is 0. The van der Waals surface area contributed by atoms with Gasteiger partial charge in [0.1, 0.15) is 0 Å². The zero-order valence-electron chi connectivity index (χ0n) is 29.8. The smallest absolute Gasteiger partial charge is 0.0726 e. The molecule has 2 aliphatic carbocycles. The lowest BCUT2D eigenvalue weighted by Crippen LogP contribution is -2.31. The van der Waals surface area contributed by atoms with E-state index in [2.05, 4.69) is 207 Å². The second-order valence-electron chi connectivity index (χ2n) is 15.2. The molecule has 1 heteroatoms. The molecule has 3 aliphatic rings. The number of benzene rings is 8. The van der Waals surface area contributed by atoms with E-state index in [-0.39, 0.29) is 5.41 Å². The molecule has 8 aromatic carbocycles. The molecule has 8 aromatic rings. The summed E-state index contributed by atoms with van der Waals surface area (Å²) in [6, 6.07) is 70.4. The first-order valence-corrected chi connectivity index (χ1v) is 18.7. The molecule has 250 valence electrons. The lowest BCUT2D eigenvalue weighted by atomic mass is 9.66. The normalized spacial score (nSPS) is 14.9. The van der Waals surface area contributed by atoms with Crippen LogP contribution in [0.4, 0.5) is 17.1 Å². The second kappa shape index (κ2) is 11.0. The van der Waals surface area contributed by atoms with Crippen LogP contribution in [0, 0.1) is 0 Å². The standard InChI is InChI=1S/C52H37N/c1-51(2)46-26-14-15-27-49(46)53(50-31-28-35(32-48(50)51)34-16-4-3-5-17-34)36-29-30-42-41-22-10-13-25-45(41)52(47(42)33-36)43-23-11-8-20-39(43)37-18-6-7-19-38(37)40-21-9-12-24-44(40)52/h3-33H,1-2H3. The minimum absolute atomic E-state index is 0.188. The molecule has 0 aromatic heterocycles. The van der Waals surface area contributed by atoms with Crippen molar-refractivity contribution in [3.63, 3.8) is 0 Å². The van der Waals surface area contributed by atoms with Gasteiger partial charge < -0.3 is 4.90 Å². The highest BCUT2D eigenvalue weighted by Crippen LogP contribution is 2.62. The Bertz CT molecular complexity index is 2700. The molecule has 0 saturated heterocycles. The first-order chi connectivity index (χ1) is 26.1. The van der Waals surface area contributed by atoms with Crippen molar-refractivity contribution in [1.29, 1.82) is 0 Å². The van der Waals surface area contributed by atoms with Crippen molar-refractivity contribution in [2.75, 3.05) is 4.90 Å². The number of anilines is 3. The molecule has 1 spiro atoms. The minimum Gasteiger partial charge on any atom is -0.310 e. The van der Waals surface area contributed by atoms with Crippen LogP contribution in [-0.4, -0.2) is 0 Å². The van der Waals surface area contributed by atoms with Crippen molar-refractivity contribution in [2.45, 2.75) is 24.7 Å². The van der Waals surface area contributed by atoms with Crippen molar-refractivity contribution in [1.82, 2.24) is 0 Å². The summed E-state index contributed by atoms with van der Waals surface area (Å²) in [6.45, 7) is 4.75. The predicted octanol–water partition coefficient (Wildman–Crippen LogP) is 13.5. The van der Waals surface area contributed by atoms with Crippen LogP contribution in [0.15, 0.2) is 188 Å². The average molecular weight is 676 g/mol. The number of para-hydroxylation sites is 1. The van der Waals surface area contributed by atoms with Crippen LogP contribution in [0.25, 0.3) is 44.5 Å². The maximum Gasteiger partial charge on any atom is 0.0726 e. The van der Waals surface area contributed by atoms with Gasteiger partial charge in [-0.05, 0) is 108 Å². The highest BCUT2D eigenvalue weighted by molar-refractivity contribution is 5.98.